The lowest BCUT2D eigenvalue weighted by Gasteiger charge is -2.26. The van der Waals surface area contributed by atoms with Crippen molar-refractivity contribution in [2.75, 3.05) is 32.2 Å². The maximum absolute atomic E-state index is 13.9. The van der Waals surface area contributed by atoms with Crippen LogP contribution in [0.5, 0.6) is 17.2 Å². The van der Waals surface area contributed by atoms with E-state index in [1.807, 2.05) is 18.2 Å². The second kappa shape index (κ2) is 11.5. The highest BCUT2D eigenvalue weighted by Crippen LogP contribution is 2.34. The van der Waals surface area contributed by atoms with Crippen LogP contribution in [-0.2, 0) is 14.8 Å². The van der Waals surface area contributed by atoms with Gasteiger partial charge in [0.15, 0.2) is 0 Å². The molecule has 0 fully saturated rings. The summed E-state index contributed by atoms with van der Waals surface area (Å²) in [7, 11) is 0.152. The molecule has 0 spiro atoms. The number of ether oxygens (including phenoxy) is 3. The molecular weight excluding hydrogens is 504 g/mol. The van der Waals surface area contributed by atoms with Crippen molar-refractivity contribution in [1.29, 1.82) is 0 Å². The molecule has 0 heterocycles. The highest BCUT2D eigenvalue weighted by Gasteiger charge is 2.31. The normalized spacial score (nSPS) is 11.9. The molecule has 3 aromatic carbocycles. The van der Waals surface area contributed by atoms with Crippen molar-refractivity contribution in [2.24, 2.45) is 0 Å². The standard InChI is InChI=1S/C26H29ClN2O6S/c1-17-10-12-24(35-5)25(14-17)36(31,32)29(19-11-13-23(34-4)21(27)15-19)16-26(30)28-18(2)20-8-6-7-9-22(20)33-3/h6-15,18H,16H2,1-5H3,(H,28,30)/t18-/m1/s1. The second-order valence-electron chi connectivity index (χ2n) is 8.02. The number of halogens is 1. The van der Waals surface area contributed by atoms with Crippen LogP contribution >= 0.6 is 11.6 Å². The first-order valence-corrected chi connectivity index (χ1v) is 12.9. The molecule has 0 unspecified atom stereocenters. The van der Waals surface area contributed by atoms with Gasteiger partial charge in [-0.1, -0.05) is 35.9 Å². The van der Waals surface area contributed by atoms with E-state index in [4.69, 9.17) is 25.8 Å². The molecule has 36 heavy (non-hydrogen) atoms. The Hall–Kier alpha value is -3.43. The minimum atomic E-state index is -4.24. The van der Waals surface area contributed by atoms with Crippen LogP contribution in [0.3, 0.4) is 0 Å². The number of carbonyl (C=O) groups excluding carboxylic acids is 1. The van der Waals surface area contributed by atoms with E-state index in [1.54, 1.807) is 45.2 Å². The molecule has 0 aromatic heterocycles. The predicted octanol–water partition coefficient (Wildman–Crippen LogP) is 4.75. The van der Waals surface area contributed by atoms with Crippen LogP contribution in [0.4, 0.5) is 5.69 Å². The average Bonchev–Trinajstić information content (AvgIpc) is 2.87. The smallest absolute Gasteiger partial charge is 0.268 e. The molecule has 0 radical (unpaired) electrons. The molecule has 8 nitrogen and oxygen atoms in total. The van der Waals surface area contributed by atoms with Gasteiger partial charge in [-0.15, -0.1) is 0 Å². The van der Waals surface area contributed by atoms with Crippen LogP contribution in [0.2, 0.25) is 5.02 Å². The summed E-state index contributed by atoms with van der Waals surface area (Å²) in [5.41, 5.74) is 1.68. The third kappa shape index (κ3) is 5.85. The minimum absolute atomic E-state index is 0.0671. The van der Waals surface area contributed by atoms with Crippen molar-refractivity contribution in [1.82, 2.24) is 5.32 Å². The van der Waals surface area contributed by atoms with Gasteiger partial charge in [-0.2, -0.15) is 0 Å². The average molecular weight is 533 g/mol. The zero-order valence-electron chi connectivity index (χ0n) is 20.7. The topological polar surface area (TPSA) is 94.2 Å². The number of nitrogens with zero attached hydrogens (tertiary/aromatic N) is 1. The number of sulfonamides is 1. The quantitative estimate of drug-likeness (QED) is 0.405. The lowest BCUT2D eigenvalue weighted by atomic mass is 10.1. The Labute approximate surface area is 216 Å². The molecule has 3 rings (SSSR count). The first kappa shape index (κ1) is 27.2. The zero-order valence-corrected chi connectivity index (χ0v) is 22.3. The molecule has 10 heteroatoms. The lowest BCUT2D eigenvalue weighted by molar-refractivity contribution is -0.120. The van der Waals surface area contributed by atoms with Crippen molar-refractivity contribution < 1.29 is 27.4 Å². The van der Waals surface area contributed by atoms with E-state index in [1.165, 1.54) is 32.4 Å². The number of hydrogen-bond donors (Lipinski definition) is 1. The Balaban J connectivity index is 2.02. The van der Waals surface area contributed by atoms with Crippen LogP contribution in [0.25, 0.3) is 0 Å². The van der Waals surface area contributed by atoms with E-state index in [-0.39, 0.29) is 21.4 Å². The molecule has 0 saturated heterocycles. The summed E-state index contributed by atoms with van der Waals surface area (Å²) in [4.78, 5) is 13.1. The Bertz CT molecular complexity index is 1350. The third-order valence-electron chi connectivity index (χ3n) is 5.58. The fraction of sp³-hybridized carbons (Fsp3) is 0.269. The van der Waals surface area contributed by atoms with Crippen LogP contribution in [0, 0.1) is 6.92 Å². The predicted molar refractivity (Wildman–Crippen MR) is 140 cm³/mol. The number of carbonyl (C=O) groups is 1. The first-order valence-electron chi connectivity index (χ1n) is 11.1. The van der Waals surface area contributed by atoms with Gasteiger partial charge >= 0.3 is 0 Å². The fourth-order valence-electron chi connectivity index (χ4n) is 3.75. The molecule has 0 aliphatic carbocycles. The lowest BCUT2D eigenvalue weighted by Crippen LogP contribution is -2.41. The number of anilines is 1. The maximum atomic E-state index is 13.9. The van der Waals surface area contributed by atoms with Crippen molar-refractivity contribution in [2.45, 2.75) is 24.8 Å². The molecule has 192 valence electrons. The number of methoxy groups -OCH3 is 3. The van der Waals surface area contributed by atoms with Crippen molar-refractivity contribution in [3.8, 4) is 17.2 Å². The SMILES string of the molecule is COc1ccc(N(CC(=O)N[C@H](C)c2ccccc2OC)S(=O)(=O)c2cc(C)ccc2OC)cc1Cl. The summed E-state index contributed by atoms with van der Waals surface area (Å²) in [5, 5.41) is 3.06. The second-order valence-corrected chi connectivity index (χ2v) is 10.3. The largest absolute Gasteiger partial charge is 0.496 e. The highest BCUT2D eigenvalue weighted by molar-refractivity contribution is 7.93. The zero-order chi connectivity index (χ0) is 26.5. The Morgan fingerprint density at radius 3 is 2.22 bits per heavy atom. The molecule has 0 aliphatic heterocycles. The molecule has 0 saturated carbocycles. The summed E-state index contributed by atoms with van der Waals surface area (Å²) >= 11 is 6.30. The Kier molecular flexibility index (Phi) is 8.70. The van der Waals surface area contributed by atoms with E-state index in [0.717, 1.165) is 15.4 Å². The molecule has 0 bridgehead atoms. The highest BCUT2D eigenvalue weighted by atomic mass is 35.5. The van der Waals surface area contributed by atoms with Gasteiger partial charge < -0.3 is 19.5 Å². The first-order chi connectivity index (χ1) is 17.1. The maximum Gasteiger partial charge on any atom is 0.268 e. The van der Waals surface area contributed by atoms with E-state index >= 15 is 0 Å². The van der Waals surface area contributed by atoms with E-state index < -0.39 is 28.5 Å². The number of aryl methyl sites for hydroxylation is 1. The summed E-state index contributed by atoms with van der Waals surface area (Å²) in [5.74, 6) is 0.630. The van der Waals surface area contributed by atoms with Crippen molar-refractivity contribution in [3.05, 3.63) is 76.8 Å². The van der Waals surface area contributed by atoms with Crippen LogP contribution < -0.4 is 23.8 Å². The van der Waals surface area contributed by atoms with E-state index in [9.17, 15) is 13.2 Å². The number of hydrogen-bond acceptors (Lipinski definition) is 6. The van der Waals surface area contributed by atoms with Crippen LogP contribution in [0.15, 0.2) is 65.6 Å². The Morgan fingerprint density at radius 2 is 1.58 bits per heavy atom. The van der Waals surface area contributed by atoms with Crippen LogP contribution in [-0.4, -0.2) is 42.2 Å². The van der Waals surface area contributed by atoms with Gasteiger partial charge in [0.1, 0.15) is 28.7 Å². The molecule has 1 amide bonds. The number of nitrogens with one attached hydrogen (secondary N) is 1. The summed E-state index contributed by atoms with van der Waals surface area (Å²) in [6, 6.07) is 16.2. The summed E-state index contributed by atoms with van der Waals surface area (Å²) in [6.07, 6.45) is 0. The number of para-hydroxylation sites is 1. The van der Waals surface area contributed by atoms with Gasteiger partial charge in [-0.05, 0) is 55.8 Å². The van der Waals surface area contributed by atoms with E-state index in [2.05, 4.69) is 5.32 Å². The van der Waals surface area contributed by atoms with Crippen molar-refractivity contribution in [3.63, 3.8) is 0 Å². The van der Waals surface area contributed by atoms with Gasteiger partial charge in [0.25, 0.3) is 10.0 Å². The molecular formula is C26H29ClN2O6S. The minimum Gasteiger partial charge on any atom is -0.496 e. The third-order valence-corrected chi connectivity index (χ3v) is 7.67. The number of rotatable bonds is 10. The Morgan fingerprint density at radius 1 is 0.944 bits per heavy atom. The van der Waals surface area contributed by atoms with Gasteiger partial charge in [-0.25, -0.2) is 8.42 Å². The van der Waals surface area contributed by atoms with Gasteiger partial charge in [0.05, 0.1) is 38.1 Å². The number of benzene rings is 3. The van der Waals surface area contributed by atoms with Gasteiger partial charge in [0, 0.05) is 5.56 Å². The van der Waals surface area contributed by atoms with Crippen LogP contribution in [0.1, 0.15) is 24.1 Å². The van der Waals surface area contributed by atoms with Crippen molar-refractivity contribution >= 4 is 33.2 Å². The molecule has 3 aromatic rings. The monoisotopic (exact) mass is 532 g/mol. The van der Waals surface area contributed by atoms with Gasteiger partial charge in [0.2, 0.25) is 5.91 Å². The molecule has 1 atom stereocenters. The molecule has 1 N–H and O–H groups in total. The molecule has 0 aliphatic rings. The summed E-state index contributed by atoms with van der Waals surface area (Å²) in [6.45, 7) is 3.07. The van der Waals surface area contributed by atoms with Gasteiger partial charge in [-0.3, -0.25) is 9.10 Å². The van der Waals surface area contributed by atoms with E-state index in [0.29, 0.717) is 11.5 Å². The summed E-state index contributed by atoms with van der Waals surface area (Å²) < 4.78 is 44.7. The number of amides is 1. The fourth-order valence-corrected chi connectivity index (χ4v) is 5.66.